The molecule has 0 bridgehead atoms. The highest BCUT2D eigenvalue weighted by molar-refractivity contribution is 14.1. The molecule has 1 amide bonds. The first-order valence-electron chi connectivity index (χ1n) is 6.60. The van der Waals surface area contributed by atoms with Crippen LogP contribution < -0.4 is 10.2 Å². The number of phenols is 1. The molecule has 7 nitrogen and oxygen atoms in total. The van der Waals surface area contributed by atoms with Gasteiger partial charge in [-0.3, -0.25) is 4.79 Å². The molecule has 0 atom stereocenters. The second-order valence-electron chi connectivity index (χ2n) is 4.85. The van der Waals surface area contributed by atoms with Crippen molar-refractivity contribution < 1.29 is 24.1 Å². The second-order valence-corrected chi connectivity index (χ2v) is 6.02. The molecule has 0 aromatic heterocycles. The molecule has 1 saturated heterocycles. The zero-order valence-corrected chi connectivity index (χ0v) is 14.4. The molecule has 22 heavy (non-hydrogen) atoms. The van der Waals surface area contributed by atoms with Gasteiger partial charge in [0.25, 0.3) is 0 Å². The van der Waals surface area contributed by atoms with Crippen LogP contribution >= 0.6 is 22.6 Å². The van der Waals surface area contributed by atoms with Crippen molar-refractivity contribution in [1.82, 2.24) is 5.43 Å². The summed E-state index contributed by atoms with van der Waals surface area (Å²) in [4.78, 5) is 11.8. The number of nitrogens with one attached hydrogen (secondary N) is 1. The molecule has 8 heteroatoms. The van der Waals surface area contributed by atoms with E-state index in [9.17, 15) is 9.90 Å². The maximum atomic E-state index is 11.8. The number of nitrogens with zero attached hydrogens (tertiary/aromatic N) is 1. The van der Waals surface area contributed by atoms with Crippen LogP contribution in [0.3, 0.4) is 0 Å². The van der Waals surface area contributed by atoms with Gasteiger partial charge >= 0.3 is 0 Å². The molecule has 120 valence electrons. The first kappa shape index (κ1) is 17.0. The zero-order valence-electron chi connectivity index (χ0n) is 12.3. The molecule has 1 aromatic carbocycles. The van der Waals surface area contributed by atoms with Gasteiger partial charge in [0.05, 0.1) is 36.5 Å². The molecule has 0 unspecified atom stereocenters. The SMILES string of the molecule is COc1cc(C=NNC(=O)CC2(C)OCCO2)cc(I)c1O. The largest absolute Gasteiger partial charge is 0.504 e. The lowest BCUT2D eigenvalue weighted by molar-refractivity contribution is -0.159. The topological polar surface area (TPSA) is 89.4 Å². The van der Waals surface area contributed by atoms with Gasteiger partial charge in [0.15, 0.2) is 17.3 Å². The lowest BCUT2D eigenvalue weighted by Gasteiger charge is -2.20. The van der Waals surface area contributed by atoms with E-state index >= 15 is 0 Å². The van der Waals surface area contributed by atoms with Gasteiger partial charge in [0.2, 0.25) is 5.91 Å². The number of carbonyl (C=O) groups is 1. The number of hydrazone groups is 1. The van der Waals surface area contributed by atoms with Crippen LogP contribution in [-0.2, 0) is 14.3 Å². The van der Waals surface area contributed by atoms with Crippen molar-refractivity contribution in [3.8, 4) is 11.5 Å². The van der Waals surface area contributed by atoms with Crippen LogP contribution in [0.2, 0.25) is 0 Å². The molecule has 2 rings (SSSR count). The highest BCUT2D eigenvalue weighted by Gasteiger charge is 2.33. The fourth-order valence-electron chi connectivity index (χ4n) is 1.99. The van der Waals surface area contributed by atoms with E-state index in [1.54, 1.807) is 19.1 Å². The van der Waals surface area contributed by atoms with Crippen molar-refractivity contribution in [2.45, 2.75) is 19.1 Å². The van der Waals surface area contributed by atoms with Gasteiger partial charge in [-0.15, -0.1) is 0 Å². The lowest BCUT2D eigenvalue weighted by Crippen LogP contribution is -2.33. The molecular formula is C14H17IN2O5. The number of phenolic OH excluding ortho intramolecular Hbond substituents is 1. The minimum atomic E-state index is -0.878. The molecule has 0 aliphatic carbocycles. The third-order valence-electron chi connectivity index (χ3n) is 3.05. The number of ether oxygens (including phenoxy) is 3. The number of methoxy groups -OCH3 is 1. The Bertz CT molecular complexity index is 585. The van der Waals surface area contributed by atoms with Crippen molar-refractivity contribution in [3.05, 3.63) is 21.3 Å². The number of amides is 1. The summed E-state index contributed by atoms with van der Waals surface area (Å²) in [5.74, 6) is -0.759. The molecular weight excluding hydrogens is 403 g/mol. The Balaban J connectivity index is 1.95. The van der Waals surface area contributed by atoms with Crippen LogP contribution in [0, 0.1) is 3.57 Å². The maximum absolute atomic E-state index is 11.8. The van der Waals surface area contributed by atoms with Crippen LogP contribution in [-0.4, -0.2) is 43.3 Å². The van der Waals surface area contributed by atoms with E-state index in [4.69, 9.17) is 14.2 Å². The van der Waals surface area contributed by atoms with E-state index in [0.717, 1.165) is 0 Å². The van der Waals surface area contributed by atoms with Crippen LogP contribution in [0.15, 0.2) is 17.2 Å². The molecule has 0 saturated carbocycles. The first-order chi connectivity index (χ1) is 10.4. The van der Waals surface area contributed by atoms with Gasteiger partial charge < -0.3 is 19.3 Å². The average Bonchev–Trinajstić information content (AvgIpc) is 2.88. The first-order valence-corrected chi connectivity index (χ1v) is 7.68. The van der Waals surface area contributed by atoms with E-state index in [2.05, 4.69) is 10.5 Å². The standard InChI is InChI=1S/C14H17IN2O5/c1-14(21-3-4-22-14)7-12(18)17-16-8-9-5-10(15)13(19)11(6-9)20-2/h5-6,8,19H,3-4,7H2,1-2H3,(H,17,18). The number of benzene rings is 1. The Morgan fingerprint density at radius 3 is 2.86 bits per heavy atom. The van der Waals surface area contributed by atoms with Gasteiger partial charge in [-0.05, 0) is 47.2 Å². The van der Waals surface area contributed by atoms with Crippen LogP contribution in [0.5, 0.6) is 11.5 Å². The Morgan fingerprint density at radius 1 is 1.55 bits per heavy atom. The molecule has 1 aliphatic heterocycles. The highest BCUT2D eigenvalue weighted by atomic mass is 127. The molecule has 0 radical (unpaired) electrons. The Kier molecular flexibility index (Phi) is 5.59. The van der Waals surface area contributed by atoms with Crippen molar-refractivity contribution in [3.63, 3.8) is 0 Å². The third kappa shape index (κ3) is 4.31. The van der Waals surface area contributed by atoms with Crippen LogP contribution in [0.25, 0.3) is 0 Å². The third-order valence-corrected chi connectivity index (χ3v) is 3.88. The van der Waals surface area contributed by atoms with E-state index in [1.807, 2.05) is 22.6 Å². The van der Waals surface area contributed by atoms with Crippen molar-refractivity contribution in [2.24, 2.45) is 5.10 Å². The van der Waals surface area contributed by atoms with Gasteiger partial charge in [0, 0.05) is 0 Å². The van der Waals surface area contributed by atoms with E-state index in [-0.39, 0.29) is 18.1 Å². The summed E-state index contributed by atoms with van der Waals surface area (Å²) < 4.78 is 16.4. The molecule has 0 spiro atoms. The summed E-state index contributed by atoms with van der Waals surface area (Å²) in [6.07, 6.45) is 1.54. The van der Waals surface area contributed by atoms with Crippen LogP contribution in [0.1, 0.15) is 18.9 Å². The summed E-state index contributed by atoms with van der Waals surface area (Å²) in [5, 5.41) is 13.6. The Hall–Kier alpha value is -1.39. The van der Waals surface area contributed by atoms with Crippen molar-refractivity contribution in [2.75, 3.05) is 20.3 Å². The maximum Gasteiger partial charge on any atom is 0.245 e. The molecule has 1 aliphatic rings. The Labute approximate surface area is 141 Å². The highest BCUT2D eigenvalue weighted by Crippen LogP contribution is 2.31. The average molecular weight is 420 g/mol. The summed E-state index contributed by atoms with van der Waals surface area (Å²) >= 11 is 1.99. The minimum Gasteiger partial charge on any atom is -0.504 e. The lowest BCUT2D eigenvalue weighted by atomic mass is 10.2. The Morgan fingerprint density at radius 2 is 2.23 bits per heavy atom. The van der Waals surface area contributed by atoms with Gasteiger partial charge in [-0.1, -0.05) is 0 Å². The smallest absolute Gasteiger partial charge is 0.245 e. The predicted octanol–water partition coefficient (Wildman–Crippen LogP) is 1.61. The minimum absolute atomic E-state index is 0.0702. The molecule has 2 N–H and O–H groups in total. The quantitative estimate of drug-likeness (QED) is 0.429. The van der Waals surface area contributed by atoms with Crippen LogP contribution in [0.4, 0.5) is 0 Å². The normalized spacial score (nSPS) is 16.9. The monoisotopic (exact) mass is 420 g/mol. The zero-order chi connectivity index (χ0) is 16.2. The summed E-state index contributed by atoms with van der Waals surface area (Å²) in [6.45, 7) is 2.69. The summed E-state index contributed by atoms with van der Waals surface area (Å²) in [6, 6.07) is 3.34. The number of halogens is 1. The van der Waals surface area contributed by atoms with E-state index in [1.165, 1.54) is 13.3 Å². The van der Waals surface area contributed by atoms with E-state index < -0.39 is 5.79 Å². The number of rotatable bonds is 5. The summed E-state index contributed by atoms with van der Waals surface area (Å²) in [7, 11) is 1.47. The second kappa shape index (κ2) is 7.25. The fraction of sp³-hybridized carbons (Fsp3) is 0.429. The van der Waals surface area contributed by atoms with E-state index in [0.29, 0.717) is 28.1 Å². The molecule has 1 fully saturated rings. The number of aromatic hydroxyl groups is 1. The van der Waals surface area contributed by atoms with Gasteiger partial charge in [0.1, 0.15) is 0 Å². The van der Waals surface area contributed by atoms with Crippen molar-refractivity contribution >= 4 is 34.7 Å². The van der Waals surface area contributed by atoms with Crippen molar-refractivity contribution in [1.29, 1.82) is 0 Å². The number of carbonyl (C=O) groups excluding carboxylic acids is 1. The predicted molar refractivity (Wildman–Crippen MR) is 88.0 cm³/mol. The summed E-state index contributed by atoms with van der Waals surface area (Å²) in [5.41, 5.74) is 3.11. The molecule has 1 heterocycles. The number of hydrogen-bond donors (Lipinski definition) is 2. The molecule has 1 aromatic rings. The number of hydrogen-bond acceptors (Lipinski definition) is 6. The van der Waals surface area contributed by atoms with Gasteiger partial charge in [-0.2, -0.15) is 5.10 Å². The van der Waals surface area contributed by atoms with Gasteiger partial charge in [-0.25, -0.2) is 5.43 Å². The fourth-order valence-corrected chi connectivity index (χ4v) is 2.62.